The molecule has 2 nitrogen and oxygen atoms in total. The van der Waals surface area contributed by atoms with E-state index < -0.39 is 0 Å². The summed E-state index contributed by atoms with van der Waals surface area (Å²) in [5.74, 6) is 0. The van der Waals surface area contributed by atoms with Crippen molar-refractivity contribution in [3.63, 3.8) is 0 Å². The van der Waals surface area contributed by atoms with E-state index in [4.69, 9.17) is 0 Å². The number of fused-ring (bicyclic) bond motifs is 1. The highest BCUT2D eigenvalue weighted by molar-refractivity contribution is 7.21. The van der Waals surface area contributed by atoms with Crippen molar-refractivity contribution in [2.24, 2.45) is 0 Å². The summed E-state index contributed by atoms with van der Waals surface area (Å²) in [6.45, 7) is 3.04. The van der Waals surface area contributed by atoms with Gasteiger partial charge in [0.15, 0.2) is 6.54 Å². The first-order chi connectivity index (χ1) is 12.6. The van der Waals surface area contributed by atoms with Crippen molar-refractivity contribution < 1.29 is 4.57 Å². The molecule has 1 aromatic heterocycles. The van der Waals surface area contributed by atoms with Gasteiger partial charge in [-0.1, -0.05) is 47.7 Å². The minimum Gasteiger partial charge on any atom is -0.378 e. The molecule has 0 atom stereocenters. The summed E-state index contributed by atoms with van der Waals surface area (Å²) in [6.07, 6.45) is 0. The van der Waals surface area contributed by atoms with E-state index in [0.717, 1.165) is 6.54 Å². The molecule has 0 spiro atoms. The lowest BCUT2D eigenvalue weighted by molar-refractivity contribution is -0.647. The fraction of sp³-hybridized carbons (Fsp3) is 0.174. The Morgan fingerprint density at radius 2 is 1.62 bits per heavy atom. The molecule has 0 aliphatic carbocycles. The summed E-state index contributed by atoms with van der Waals surface area (Å²) >= 11 is 1.87. The molecule has 1 heterocycles. The van der Waals surface area contributed by atoms with Gasteiger partial charge in [0, 0.05) is 31.4 Å². The van der Waals surface area contributed by atoms with Crippen molar-refractivity contribution in [1.82, 2.24) is 0 Å². The number of anilines is 1. The van der Waals surface area contributed by atoms with Crippen molar-refractivity contribution in [1.29, 1.82) is 0 Å². The predicted octanol–water partition coefficient (Wildman–Crippen LogP) is 5.28. The first-order valence-electron chi connectivity index (χ1n) is 8.86. The number of nitrogens with zero attached hydrogens (tertiary/aromatic N) is 2. The molecule has 3 heteroatoms. The predicted molar refractivity (Wildman–Crippen MR) is 112 cm³/mol. The Bertz CT molecular complexity index is 1030. The van der Waals surface area contributed by atoms with Gasteiger partial charge in [0.05, 0.1) is 5.56 Å². The fourth-order valence-corrected chi connectivity index (χ4v) is 4.50. The summed E-state index contributed by atoms with van der Waals surface area (Å²) < 4.78 is 3.78. The maximum Gasteiger partial charge on any atom is 0.270 e. The zero-order valence-corrected chi connectivity index (χ0v) is 16.3. The number of aromatic nitrogens is 1. The number of rotatable bonds is 4. The Hall–Kier alpha value is -2.65. The minimum atomic E-state index is 0.884. The van der Waals surface area contributed by atoms with Crippen LogP contribution in [0.15, 0.2) is 72.8 Å². The zero-order valence-electron chi connectivity index (χ0n) is 15.4. The van der Waals surface area contributed by atoms with E-state index in [1.54, 1.807) is 0 Å². The van der Waals surface area contributed by atoms with E-state index in [1.165, 1.54) is 37.6 Å². The maximum absolute atomic E-state index is 2.44. The van der Waals surface area contributed by atoms with Crippen LogP contribution in [0.3, 0.4) is 0 Å². The highest BCUT2D eigenvalue weighted by atomic mass is 32.1. The molecule has 0 fully saturated rings. The lowest BCUT2D eigenvalue weighted by atomic mass is 10.1. The second-order valence-corrected chi connectivity index (χ2v) is 7.92. The molecule has 0 unspecified atom stereocenters. The second kappa shape index (κ2) is 6.93. The van der Waals surface area contributed by atoms with Gasteiger partial charge >= 0.3 is 0 Å². The Morgan fingerprint density at radius 1 is 0.885 bits per heavy atom. The summed E-state index contributed by atoms with van der Waals surface area (Å²) in [6, 6.07) is 26.3. The average molecular weight is 360 g/mol. The molecule has 0 radical (unpaired) electrons. The molecule has 0 amide bonds. The zero-order chi connectivity index (χ0) is 18.1. The van der Waals surface area contributed by atoms with E-state index in [2.05, 4.69) is 103 Å². The average Bonchev–Trinajstić information content (AvgIpc) is 3.00. The van der Waals surface area contributed by atoms with Crippen molar-refractivity contribution in [3.8, 4) is 10.6 Å². The Kier molecular flexibility index (Phi) is 4.48. The monoisotopic (exact) mass is 359 g/mol. The maximum atomic E-state index is 2.44. The fourth-order valence-electron chi connectivity index (χ4n) is 3.23. The molecule has 0 aliphatic heterocycles. The van der Waals surface area contributed by atoms with Crippen molar-refractivity contribution in [2.75, 3.05) is 19.0 Å². The van der Waals surface area contributed by atoms with E-state index in [-0.39, 0.29) is 0 Å². The first kappa shape index (κ1) is 16.8. The van der Waals surface area contributed by atoms with Gasteiger partial charge in [0.2, 0.25) is 5.52 Å². The molecule has 0 saturated carbocycles. The van der Waals surface area contributed by atoms with Crippen LogP contribution in [0, 0.1) is 6.92 Å². The van der Waals surface area contributed by atoms with Crippen LogP contribution in [0.5, 0.6) is 0 Å². The molecule has 0 bridgehead atoms. The molecular formula is C23H23N2S+. The molecule has 26 heavy (non-hydrogen) atoms. The van der Waals surface area contributed by atoms with Gasteiger partial charge in [-0.15, -0.1) is 0 Å². The quantitative estimate of drug-likeness (QED) is 0.450. The lowest BCUT2D eigenvalue weighted by Gasteiger charge is -2.11. The van der Waals surface area contributed by atoms with Crippen LogP contribution in [0.4, 0.5) is 5.69 Å². The van der Waals surface area contributed by atoms with Gasteiger partial charge in [-0.05, 0) is 42.8 Å². The van der Waals surface area contributed by atoms with E-state index in [1.807, 2.05) is 11.3 Å². The molecule has 0 saturated heterocycles. The normalized spacial score (nSPS) is 11.0. The third-order valence-electron chi connectivity index (χ3n) is 4.67. The SMILES string of the molecule is Cc1ccc2c(c1)sc(-c1ccc(N(C)C)cc1)[n+]2Cc1ccccc1. The van der Waals surface area contributed by atoms with Gasteiger partial charge in [-0.3, -0.25) is 0 Å². The molecular weight excluding hydrogens is 336 g/mol. The van der Waals surface area contributed by atoms with Gasteiger partial charge in [0.1, 0.15) is 4.70 Å². The van der Waals surface area contributed by atoms with E-state index in [0.29, 0.717) is 0 Å². The van der Waals surface area contributed by atoms with E-state index in [9.17, 15) is 0 Å². The molecule has 0 aliphatic rings. The molecule has 130 valence electrons. The number of aryl methyl sites for hydroxylation is 1. The summed E-state index contributed by atoms with van der Waals surface area (Å²) in [4.78, 5) is 2.14. The number of hydrogen-bond acceptors (Lipinski definition) is 2. The van der Waals surface area contributed by atoms with Gasteiger partial charge in [-0.25, -0.2) is 0 Å². The van der Waals surface area contributed by atoms with Gasteiger partial charge in [0.25, 0.3) is 5.01 Å². The first-order valence-corrected chi connectivity index (χ1v) is 9.68. The molecule has 0 N–H and O–H groups in total. The highest BCUT2D eigenvalue weighted by Crippen LogP contribution is 2.30. The van der Waals surface area contributed by atoms with Gasteiger partial charge in [-0.2, -0.15) is 4.57 Å². The summed E-state index contributed by atoms with van der Waals surface area (Å²) in [7, 11) is 4.15. The number of thiazole rings is 1. The topological polar surface area (TPSA) is 7.12 Å². The highest BCUT2D eigenvalue weighted by Gasteiger charge is 2.22. The van der Waals surface area contributed by atoms with Gasteiger partial charge < -0.3 is 4.90 Å². The smallest absolute Gasteiger partial charge is 0.270 e. The van der Waals surface area contributed by atoms with Crippen LogP contribution in [-0.2, 0) is 6.54 Å². The van der Waals surface area contributed by atoms with Crippen molar-refractivity contribution in [2.45, 2.75) is 13.5 Å². The van der Waals surface area contributed by atoms with Crippen LogP contribution in [0.1, 0.15) is 11.1 Å². The van der Waals surface area contributed by atoms with Crippen LogP contribution >= 0.6 is 11.3 Å². The third-order valence-corrected chi connectivity index (χ3v) is 5.87. The minimum absolute atomic E-state index is 0.884. The van der Waals surface area contributed by atoms with Crippen molar-refractivity contribution >= 4 is 27.2 Å². The standard InChI is InChI=1S/C23H23N2S/c1-17-9-14-21-22(15-17)26-23(19-10-12-20(13-11-19)24(2)3)25(21)16-18-7-5-4-6-8-18/h4-15H,16H2,1-3H3/q+1. The van der Waals surface area contributed by atoms with Crippen LogP contribution in [-0.4, -0.2) is 14.1 Å². The third kappa shape index (κ3) is 3.23. The number of hydrogen-bond donors (Lipinski definition) is 0. The Morgan fingerprint density at radius 3 is 2.31 bits per heavy atom. The molecule has 4 rings (SSSR count). The second-order valence-electron chi connectivity index (χ2n) is 6.89. The Labute approximate surface area is 159 Å². The van der Waals surface area contributed by atoms with Crippen LogP contribution in [0.25, 0.3) is 20.8 Å². The Balaban J connectivity index is 1.85. The number of benzene rings is 3. The molecule has 4 aromatic rings. The van der Waals surface area contributed by atoms with E-state index >= 15 is 0 Å². The molecule has 3 aromatic carbocycles. The lowest BCUT2D eigenvalue weighted by Crippen LogP contribution is -2.35. The largest absolute Gasteiger partial charge is 0.378 e. The summed E-state index contributed by atoms with van der Waals surface area (Å²) in [5, 5.41) is 1.31. The van der Waals surface area contributed by atoms with Crippen molar-refractivity contribution in [3.05, 3.63) is 83.9 Å². The van der Waals surface area contributed by atoms with Crippen LogP contribution in [0.2, 0.25) is 0 Å². The summed E-state index contributed by atoms with van der Waals surface area (Å²) in [5.41, 5.74) is 6.42. The van der Waals surface area contributed by atoms with Crippen LogP contribution < -0.4 is 9.47 Å².